The molecule has 0 saturated carbocycles. The molecule has 0 fully saturated rings. The number of primary sulfonamides is 1. The number of rotatable bonds is 7. The number of likely N-dealkylation sites (N-methyl/N-ethyl adjacent to an activating group) is 1. The largest absolute Gasteiger partial charge is 0.499 e. The minimum atomic E-state index is -3.68. The summed E-state index contributed by atoms with van der Waals surface area (Å²) in [5.41, 5.74) is 1.59. The van der Waals surface area contributed by atoms with E-state index < -0.39 is 10.0 Å². The predicted octanol–water partition coefficient (Wildman–Crippen LogP) is 0.229. The Bertz CT molecular complexity index is 726. The molecule has 1 amide bonds. The summed E-state index contributed by atoms with van der Waals surface area (Å²) < 4.78 is 27.7. The summed E-state index contributed by atoms with van der Waals surface area (Å²) in [5, 5.41) is 7.94. The van der Waals surface area contributed by atoms with Gasteiger partial charge in [-0.3, -0.25) is 9.69 Å². The highest BCUT2D eigenvalue weighted by Gasteiger charge is 2.26. The van der Waals surface area contributed by atoms with Crippen molar-refractivity contribution < 1.29 is 17.9 Å². The zero-order valence-electron chi connectivity index (χ0n) is 13.9. The van der Waals surface area contributed by atoms with Gasteiger partial charge in [0.1, 0.15) is 5.76 Å². The molecular weight excluding hydrogens is 330 g/mol. The first-order valence-corrected chi connectivity index (χ1v) is 9.28. The van der Waals surface area contributed by atoms with Crippen molar-refractivity contribution >= 4 is 15.9 Å². The van der Waals surface area contributed by atoms with Crippen LogP contribution in [0.3, 0.4) is 0 Å². The standard InChI is InChI=1S/C16H23N3O4S/c1-3-19-10-14(15(11-19)23-2)16(20)18-9-8-12-4-6-13(7-5-12)24(17,21)22/h4-7H,3,8-11H2,1-2H3,(H,18,20)(H2,17,21,22). The molecule has 24 heavy (non-hydrogen) atoms. The van der Waals surface area contributed by atoms with Gasteiger partial charge in [0, 0.05) is 13.1 Å². The Kier molecular flexibility index (Phi) is 5.98. The summed E-state index contributed by atoms with van der Waals surface area (Å²) in [5.74, 6) is 0.593. The molecule has 0 atom stereocenters. The van der Waals surface area contributed by atoms with Crippen LogP contribution in [0.5, 0.6) is 0 Å². The zero-order chi connectivity index (χ0) is 17.7. The molecule has 0 bridgehead atoms. The third-order valence-corrected chi connectivity index (χ3v) is 4.93. The molecule has 132 valence electrons. The first kappa shape index (κ1) is 18.4. The number of sulfonamides is 1. The van der Waals surface area contributed by atoms with E-state index in [0.29, 0.717) is 37.4 Å². The van der Waals surface area contributed by atoms with Gasteiger partial charge in [0.15, 0.2) is 0 Å². The molecule has 8 heteroatoms. The van der Waals surface area contributed by atoms with Crippen molar-refractivity contribution in [2.24, 2.45) is 5.14 Å². The minimum Gasteiger partial charge on any atom is -0.499 e. The van der Waals surface area contributed by atoms with Gasteiger partial charge >= 0.3 is 0 Å². The second-order valence-corrected chi connectivity index (χ2v) is 7.17. The molecular formula is C16H23N3O4S. The van der Waals surface area contributed by atoms with Crippen molar-refractivity contribution in [3.63, 3.8) is 0 Å². The van der Waals surface area contributed by atoms with E-state index in [9.17, 15) is 13.2 Å². The molecule has 0 aromatic heterocycles. The average Bonchev–Trinajstić information content (AvgIpc) is 2.98. The summed E-state index contributed by atoms with van der Waals surface area (Å²) >= 11 is 0. The number of hydrogen-bond acceptors (Lipinski definition) is 5. The fourth-order valence-electron chi connectivity index (χ4n) is 2.55. The van der Waals surface area contributed by atoms with Gasteiger partial charge in [-0.25, -0.2) is 13.6 Å². The van der Waals surface area contributed by atoms with Crippen LogP contribution in [0.2, 0.25) is 0 Å². The monoisotopic (exact) mass is 353 g/mol. The van der Waals surface area contributed by atoms with Crippen LogP contribution >= 0.6 is 0 Å². The van der Waals surface area contributed by atoms with Gasteiger partial charge in [-0.2, -0.15) is 0 Å². The molecule has 0 radical (unpaired) electrons. The lowest BCUT2D eigenvalue weighted by Gasteiger charge is -2.11. The van der Waals surface area contributed by atoms with Gasteiger partial charge in [0.25, 0.3) is 5.91 Å². The molecule has 3 N–H and O–H groups in total. The number of nitrogens with two attached hydrogens (primary N) is 1. The van der Waals surface area contributed by atoms with Crippen molar-refractivity contribution in [2.45, 2.75) is 18.2 Å². The molecule has 0 spiro atoms. The molecule has 0 aliphatic carbocycles. The van der Waals surface area contributed by atoms with Crippen molar-refractivity contribution in [3.05, 3.63) is 41.2 Å². The van der Waals surface area contributed by atoms with Crippen LogP contribution in [-0.2, 0) is 26.0 Å². The van der Waals surface area contributed by atoms with E-state index in [1.54, 1.807) is 19.2 Å². The van der Waals surface area contributed by atoms with E-state index in [0.717, 1.165) is 12.1 Å². The van der Waals surface area contributed by atoms with Crippen LogP contribution in [0.4, 0.5) is 0 Å². The van der Waals surface area contributed by atoms with Crippen LogP contribution in [0.15, 0.2) is 40.5 Å². The Morgan fingerprint density at radius 2 is 1.96 bits per heavy atom. The van der Waals surface area contributed by atoms with Crippen LogP contribution in [0.1, 0.15) is 12.5 Å². The molecule has 7 nitrogen and oxygen atoms in total. The lowest BCUT2D eigenvalue weighted by molar-refractivity contribution is -0.117. The summed E-state index contributed by atoms with van der Waals surface area (Å²) in [6, 6.07) is 6.32. The summed E-state index contributed by atoms with van der Waals surface area (Å²) in [6.45, 7) is 4.61. The number of nitrogens with zero attached hydrogens (tertiary/aromatic N) is 1. The zero-order valence-corrected chi connectivity index (χ0v) is 14.7. The Balaban J connectivity index is 1.89. The molecule has 1 heterocycles. The van der Waals surface area contributed by atoms with Gasteiger partial charge in [0.05, 0.1) is 24.1 Å². The number of methoxy groups -OCH3 is 1. The van der Waals surface area contributed by atoms with Crippen LogP contribution in [-0.4, -0.2) is 52.5 Å². The highest BCUT2D eigenvalue weighted by atomic mass is 32.2. The molecule has 1 aromatic carbocycles. The number of hydrogen-bond donors (Lipinski definition) is 2. The molecule has 0 saturated heterocycles. The smallest absolute Gasteiger partial charge is 0.251 e. The maximum atomic E-state index is 12.3. The Morgan fingerprint density at radius 3 is 2.50 bits per heavy atom. The van der Waals surface area contributed by atoms with E-state index in [4.69, 9.17) is 9.88 Å². The molecule has 2 rings (SSSR count). The van der Waals surface area contributed by atoms with E-state index in [2.05, 4.69) is 10.2 Å². The quantitative estimate of drug-likeness (QED) is 0.731. The number of carbonyl (C=O) groups excluding carboxylic acids is 1. The maximum absolute atomic E-state index is 12.3. The van der Waals surface area contributed by atoms with Gasteiger partial charge < -0.3 is 10.1 Å². The highest BCUT2D eigenvalue weighted by Crippen LogP contribution is 2.17. The molecule has 1 aliphatic rings. The molecule has 1 aromatic rings. The van der Waals surface area contributed by atoms with Gasteiger partial charge in [-0.1, -0.05) is 19.1 Å². The lowest BCUT2D eigenvalue weighted by atomic mass is 10.1. The van der Waals surface area contributed by atoms with E-state index in [1.807, 2.05) is 6.92 Å². The topological polar surface area (TPSA) is 102 Å². The van der Waals surface area contributed by atoms with Gasteiger partial charge in [-0.05, 0) is 30.7 Å². The third kappa shape index (κ3) is 4.56. The van der Waals surface area contributed by atoms with E-state index >= 15 is 0 Å². The van der Waals surface area contributed by atoms with Gasteiger partial charge in [0.2, 0.25) is 10.0 Å². The predicted molar refractivity (Wildman–Crippen MR) is 90.7 cm³/mol. The Morgan fingerprint density at radius 1 is 1.29 bits per heavy atom. The number of nitrogens with one attached hydrogen (secondary N) is 1. The SMILES string of the molecule is CCN1CC(OC)=C(C(=O)NCCc2ccc(S(N)(=O)=O)cc2)C1. The van der Waals surface area contributed by atoms with Crippen LogP contribution in [0.25, 0.3) is 0 Å². The molecule has 0 unspecified atom stereocenters. The third-order valence-electron chi connectivity index (χ3n) is 4.00. The first-order chi connectivity index (χ1) is 11.3. The average molecular weight is 353 g/mol. The van der Waals surface area contributed by atoms with E-state index in [-0.39, 0.29) is 10.8 Å². The van der Waals surface area contributed by atoms with Crippen molar-refractivity contribution in [2.75, 3.05) is 33.3 Å². The second kappa shape index (κ2) is 7.78. The summed E-state index contributed by atoms with van der Waals surface area (Å²) in [4.78, 5) is 14.5. The van der Waals surface area contributed by atoms with Gasteiger partial charge in [-0.15, -0.1) is 0 Å². The maximum Gasteiger partial charge on any atom is 0.251 e. The number of ether oxygens (including phenoxy) is 1. The number of benzene rings is 1. The Labute approximate surface area is 142 Å². The fourth-order valence-corrected chi connectivity index (χ4v) is 3.06. The van der Waals surface area contributed by atoms with Crippen LogP contribution < -0.4 is 10.5 Å². The summed E-state index contributed by atoms with van der Waals surface area (Å²) in [6.07, 6.45) is 0.601. The van der Waals surface area contributed by atoms with Crippen molar-refractivity contribution in [3.8, 4) is 0 Å². The fraction of sp³-hybridized carbons (Fsp3) is 0.438. The summed E-state index contributed by atoms with van der Waals surface area (Å²) in [7, 11) is -2.10. The lowest BCUT2D eigenvalue weighted by Crippen LogP contribution is -2.30. The van der Waals surface area contributed by atoms with Crippen LogP contribution in [0, 0.1) is 0 Å². The second-order valence-electron chi connectivity index (χ2n) is 5.60. The molecule has 1 aliphatic heterocycles. The van der Waals surface area contributed by atoms with Crippen molar-refractivity contribution in [1.29, 1.82) is 0 Å². The van der Waals surface area contributed by atoms with E-state index in [1.165, 1.54) is 12.1 Å². The first-order valence-electron chi connectivity index (χ1n) is 7.73. The number of carbonyl (C=O) groups is 1. The normalized spacial score (nSPS) is 15.6. The minimum absolute atomic E-state index is 0.0794. The number of amides is 1. The highest BCUT2D eigenvalue weighted by molar-refractivity contribution is 7.89. The Hall–Kier alpha value is -1.90. The van der Waals surface area contributed by atoms with Crippen molar-refractivity contribution in [1.82, 2.24) is 10.2 Å².